The molecule has 2 rings (SSSR count). The van der Waals surface area contributed by atoms with Crippen LogP contribution < -0.4 is 0 Å². The van der Waals surface area contributed by atoms with Crippen LogP contribution in [0.15, 0.2) is 54.6 Å². The lowest BCUT2D eigenvalue weighted by atomic mass is 10.1. The van der Waals surface area contributed by atoms with Gasteiger partial charge in [-0.3, -0.25) is 19.7 Å². The molecule has 0 spiro atoms. The Balaban J connectivity index is 2.22. The summed E-state index contributed by atoms with van der Waals surface area (Å²) >= 11 is 0. The van der Waals surface area contributed by atoms with Crippen LogP contribution in [0, 0.1) is 10.1 Å². The number of benzene rings is 2. The van der Waals surface area contributed by atoms with Gasteiger partial charge in [-0.25, -0.2) is 0 Å². The molecule has 2 aromatic rings. The van der Waals surface area contributed by atoms with Crippen molar-refractivity contribution in [1.82, 2.24) is 4.90 Å². The van der Waals surface area contributed by atoms with Gasteiger partial charge in [0.05, 0.1) is 12.0 Å². The zero-order chi connectivity index (χ0) is 17.5. The van der Waals surface area contributed by atoms with Crippen molar-refractivity contribution >= 4 is 17.6 Å². The Labute approximate surface area is 138 Å². The third-order valence-electron chi connectivity index (χ3n) is 3.38. The van der Waals surface area contributed by atoms with Crippen LogP contribution in [0.1, 0.15) is 15.9 Å². The topological polar surface area (TPSA) is 89.8 Å². The molecular weight excluding hydrogens is 312 g/mol. The third-order valence-corrected chi connectivity index (χ3v) is 3.38. The average molecular weight is 328 g/mol. The highest BCUT2D eigenvalue weighted by atomic mass is 16.6. The van der Waals surface area contributed by atoms with Crippen LogP contribution in [0.25, 0.3) is 0 Å². The van der Waals surface area contributed by atoms with Crippen LogP contribution >= 0.6 is 0 Å². The number of amides is 1. The molecule has 0 aliphatic rings. The van der Waals surface area contributed by atoms with Gasteiger partial charge >= 0.3 is 5.97 Å². The lowest BCUT2D eigenvalue weighted by molar-refractivity contribution is -0.384. The van der Waals surface area contributed by atoms with Crippen LogP contribution in [0.2, 0.25) is 0 Å². The second kappa shape index (κ2) is 7.87. The second-order valence-electron chi connectivity index (χ2n) is 5.03. The number of hydrogen-bond donors (Lipinski definition) is 0. The monoisotopic (exact) mass is 328 g/mol. The maximum atomic E-state index is 12.6. The highest BCUT2D eigenvalue weighted by Gasteiger charge is 2.20. The molecular formula is C17H16N2O5. The number of nitrogens with zero attached hydrogens (tertiary/aromatic N) is 2. The van der Waals surface area contributed by atoms with E-state index in [1.165, 1.54) is 36.3 Å². The van der Waals surface area contributed by atoms with Crippen molar-refractivity contribution in [1.29, 1.82) is 0 Å². The standard InChI is InChI=1S/C17H16N2O5/c1-24-16(20)12-18(11-13-5-3-2-4-6-13)17(21)14-7-9-15(10-8-14)19(22)23/h2-10H,11-12H2,1H3. The smallest absolute Gasteiger partial charge is 0.325 e. The summed E-state index contributed by atoms with van der Waals surface area (Å²) in [6.07, 6.45) is 0. The first-order valence-corrected chi connectivity index (χ1v) is 7.15. The molecule has 1 amide bonds. The van der Waals surface area contributed by atoms with E-state index >= 15 is 0 Å². The van der Waals surface area contributed by atoms with E-state index in [4.69, 9.17) is 0 Å². The molecule has 2 aromatic carbocycles. The molecule has 0 aromatic heterocycles. The first-order valence-electron chi connectivity index (χ1n) is 7.15. The first-order chi connectivity index (χ1) is 11.5. The van der Waals surface area contributed by atoms with Crippen LogP contribution in [0.5, 0.6) is 0 Å². The zero-order valence-corrected chi connectivity index (χ0v) is 13.0. The summed E-state index contributed by atoms with van der Waals surface area (Å²) in [6, 6.07) is 14.5. The Morgan fingerprint density at radius 2 is 1.71 bits per heavy atom. The van der Waals surface area contributed by atoms with Gasteiger partial charge in [0, 0.05) is 24.2 Å². The number of nitro groups is 1. The summed E-state index contributed by atoms with van der Waals surface area (Å²) in [5.74, 6) is -0.944. The molecule has 7 nitrogen and oxygen atoms in total. The Morgan fingerprint density at radius 1 is 1.08 bits per heavy atom. The Morgan fingerprint density at radius 3 is 2.25 bits per heavy atom. The lowest BCUT2D eigenvalue weighted by Gasteiger charge is -2.21. The first kappa shape index (κ1) is 17.1. The molecule has 0 atom stereocenters. The van der Waals surface area contributed by atoms with Gasteiger partial charge in [0.2, 0.25) is 0 Å². The van der Waals surface area contributed by atoms with E-state index in [0.717, 1.165) is 5.56 Å². The number of rotatable bonds is 6. The number of esters is 1. The molecule has 0 fully saturated rings. The van der Waals surface area contributed by atoms with E-state index < -0.39 is 16.8 Å². The quantitative estimate of drug-likeness (QED) is 0.461. The van der Waals surface area contributed by atoms with Crippen LogP contribution in [0.4, 0.5) is 5.69 Å². The van der Waals surface area contributed by atoms with Gasteiger partial charge in [0.25, 0.3) is 11.6 Å². The number of methoxy groups -OCH3 is 1. The number of carbonyl (C=O) groups is 2. The summed E-state index contributed by atoms with van der Waals surface area (Å²) in [7, 11) is 1.25. The fourth-order valence-electron chi connectivity index (χ4n) is 2.13. The maximum Gasteiger partial charge on any atom is 0.325 e. The molecule has 0 unspecified atom stereocenters. The second-order valence-corrected chi connectivity index (χ2v) is 5.03. The highest BCUT2D eigenvalue weighted by Crippen LogP contribution is 2.15. The van der Waals surface area contributed by atoms with Crippen molar-refractivity contribution in [2.75, 3.05) is 13.7 Å². The van der Waals surface area contributed by atoms with Crippen molar-refractivity contribution in [3.63, 3.8) is 0 Å². The van der Waals surface area contributed by atoms with Gasteiger partial charge in [-0.2, -0.15) is 0 Å². The molecule has 0 bridgehead atoms. The minimum atomic E-state index is -0.541. The molecule has 0 radical (unpaired) electrons. The normalized spacial score (nSPS) is 10.0. The van der Waals surface area contributed by atoms with Crippen LogP contribution in [0.3, 0.4) is 0 Å². The van der Waals surface area contributed by atoms with E-state index in [-0.39, 0.29) is 24.3 Å². The van der Waals surface area contributed by atoms with Crippen LogP contribution in [-0.4, -0.2) is 35.4 Å². The summed E-state index contributed by atoms with van der Waals surface area (Å²) in [6.45, 7) is 0.0208. The van der Waals surface area contributed by atoms with Gasteiger partial charge < -0.3 is 9.64 Å². The van der Waals surface area contributed by atoms with Crippen molar-refractivity contribution in [2.45, 2.75) is 6.54 Å². The molecule has 0 aliphatic heterocycles. The minimum Gasteiger partial charge on any atom is -0.468 e. The fraction of sp³-hybridized carbons (Fsp3) is 0.176. The Hall–Kier alpha value is -3.22. The summed E-state index contributed by atoms with van der Waals surface area (Å²) in [5, 5.41) is 10.7. The number of nitro benzene ring substituents is 1. The molecule has 0 N–H and O–H groups in total. The van der Waals surface area contributed by atoms with Crippen molar-refractivity contribution in [2.24, 2.45) is 0 Å². The Bertz CT molecular complexity index is 728. The number of non-ortho nitro benzene ring substituents is 1. The predicted octanol–water partition coefficient (Wildman–Crippen LogP) is 2.41. The van der Waals surface area contributed by atoms with Gasteiger partial charge in [-0.1, -0.05) is 30.3 Å². The molecule has 0 saturated carbocycles. The third kappa shape index (κ3) is 4.39. The number of ether oxygens (including phenoxy) is 1. The molecule has 124 valence electrons. The predicted molar refractivity (Wildman–Crippen MR) is 86.3 cm³/mol. The highest BCUT2D eigenvalue weighted by molar-refractivity contribution is 5.96. The number of carbonyl (C=O) groups excluding carboxylic acids is 2. The molecule has 0 aliphatic carbocycles. The van der Waals surface area contributed by atoms with Gasteiger partial charge in [-0.05, 0) is 17.7 Å². The van der Waals surface area contributed by atoms with E-state index in [1.807, 2.05) is 30.3 Å². The SMILES string of the molecule is COC(=O)CN(Cc1ccccc1)C(=O)c1ccc([N+](=O)[O-])cc1. The van der Waals surface area contributed by atoms with Gasteiger partial charge in [0.1, 0.15) is 6.54 Å². The van der Waals surface area contributed by atoms with E-state index in [9.17, 15) is 19.7 Å². The van der Waals surface area contributed by atoms with Crippen LogP contribution in [-0.2, 0) is 16.1 Å². The van der Waals surface area contributed by atoms with E-state index in [2.05, 4.69) is 4.74 Å². The maximum absolute atomic E-state index is 12.6. The van der Waals surface area contributed by atoms with Crippen molar-refractivity contribution in [3.05, 3.63) is 75.8 Å². The number of hydrogen-bond acceptors (Lipinski definition) is 5. The Kier molecular flexibility index (Phi) is 5.62. The molecule has 24 heavy (non-hydrogen) atoms. The van der Waals surface area contributed by atoms with Crippen molar-refractivity contribution < 1.29 is 19.2 Å². The molecule has 7 heteroatoms. The average Bonchev–Trinajstić information content (AvgIpc) is 2.61. The summed E-state index contributed by atoms with van der Waals surface area (Å²) in [5.41, 5.74) is 1.02. The van der Waals surface area contributed by atoms with E-state index in [1.54, 1.807) is 0 Å². The van der Waals surface area contributed by atoms with Crippen molar-refractivity contribution in [3.8, 4) is 0 Å². The fourth-order valence-corrected chi connectivity index (χ4v) is 2.13. The molecule has 0 saturated heterocycles. The summed E-state index contributed by atoms with van der Waals surface area (Å²) < 4.78 is 4.63. The van der Waals surface area contributed by atoms with Gasteiger partial charge in [-0.15, -0.1) is 0 Å². The van der Waals surface area contributed by atoms with Gasteiger partial charge in [0.15, 0.2) is 0 Å². The van der Waals surface area contributed by atoms with E-state index in [0.29, 0.717) is 0 Å². The largest absolute Gasteiger partial charge is 0.468 e. The zero-order valence-electron chi connectivity index (χ0n) is 13.0. The lowest BCUT2D eigenvalue weighted by Crippen LogP contribution is -2.35. The minimum absolute atomic E-state index is 0.103. The molecule has 0 heterocycles. The summed E-state index contributed by atoms with van der Waals surface area (Å²) in [4.78, 5) is 35.7.